The predicted molar refractivity (Wildman–Crippen MR) is 70.9 cm³/mol. The van der Waals surface area contributed by atoms with Crippen molar-refractivity contribution < 1.29 is 9.53 Å². The summed E-state index contributed by atoms with van der Waals surface area (Å²) in [5.41, 5.74) is -0.827. The van der Waals surface area contributed by atoms with Gasteiger partial charge >= 0.3 is 5.97 Å². The molecule has 5 heteroatoms. The zero-order valence-electron chi connectivity index (χ0n) is 12.0. The van der Waals surface area contributed by atoms with Crippen molar-refractivity contribution in [3.05, 3.63) is 0 Å². The highest BCUT2D eigenvalue weighted by Gasteiger charge is 2.36. The minimum absolute atomic E-state index is 0.00167. The fraction of sp³-hybridized carbons (Fsp3) is 0.917. The lowest BCUT2D eigenvalue weighted by Gasteiger charge is -2.33. The first-order chi connectivity index (χ1) is 7.60. The van der Waals surface area contributed by atoms with Gasteiger partial charge in [-0.25, -0.2) is 0 Å². The van der Waals surface area contributed by atoms with Gasteiger partial charge in [0, 0.05) is 6.54 Å². The Morgan fingerprint density at radius 2 is 1.82 bits per heavy atom. The molecule has 1 N–H and O–H groups in total. The van der Waals surface area contributed by atoms with Crippen molar-refractivity contribution in [3.63, 3.8) is 0 Å². The van der Waals surface area contributed by atoms with Gasteiger partial charge in [-0.15, -0.1) is 0 Å². The number of hydrogen-bond donors (Lipinski definition) is 1. The summed E-state index contributed by atoms with van der Waals surface area (Å²) in [5, 5.41) is 2.58. The standard InChI is InChI=1S/C12H25BN2O2/c1-11(2,3)9-12(4,14-13)10(16)17-8-7-15(5)6/h14H,7-9H2,1-6H3. The summed E-state index contributed by atoms with van der Waals surface area (Å²) in [6.07, 6.45) is 0.622. The minimum Gasteiger partial charge on any atom is -0.463 e. The first-order valence-corrected chi connectivity index (χ1v) is 5.90. The minimum atomic E-state index is -0.829. The van der Waals surface area contributed by atoms with Gasteiger partial charge in [0.05, 0.1) is 0 Å². The van der Waals surface area contributed by atoms with Gasteiger partial charge < -0.3 is 14.9 Å². The Kier molecular flexibility index (Phi) is 6.20. The highest BCUT2D eigenvalue weighted by Crippen LogP contribution is 2.27. The van der Waals surface area contributed by atoms with E-state index in [0.29, 0.717) is 19.6 Å². The Balaban J connectivity index is 4.38. The van der Waals surface area contributed by atoms with Crippen LogP contribution in [0.1, 0.15) is 34.1 Å². The monoisotopic (exact) mass is 240 g/mol. The summed E-state index contributed by atoms with van der Waals surface area (Å²) in [6, 6.07) is 0. The van der Waals surface area contributed by atoms with Crippen LogP contribution in [-0.4, -0.2) is 51.6 Å². The normalized spacial score (nSPS) is 15.7. The van der Waals surface area contributed by atoms with E-state index in [1.165, 1.54) is 0 Å². The summed E-state index contributed by atoms with van der Waals surface area (Å²) in [4.78, 5) is 13.9. The number of ether oxygens (including phenoxy) is 1. The van der Waals surface area contributed by atoms with E-state index in [9.17, 15) is 4.79 Å². The summed E-state index contributed by atoms with van der Waals surface area (Å²) >= 11 is 0. The molecule has 0 aliphatic rings. The van der Waals surface area contributed by atoms with Crippen LogP contribution in [-0.2, 0) is 9.53 Å². The maximum Gasteiger partial charge on any atom is 0.325 e. The van der Waals surface area contributed by atoms with Gasteiger partial charge in [-0.1, -0.05) is 20.8 Å². The molecule has 17 heavy (non-hydrogen) atoms. The third-order valence-electron chi connectivity index (χ3n) is 2.42. The second kappa shape index (κ2) is 6.40. The highest BCUT2D eigenvalue weighted by molar-refractivity contribution is 6.07. The van der Waals surface area contributed by atoms with Crippen LogP contribution >= 0.6 is 0 Å². The molecule has 2 radical (unpaired) electrons. The van der Waals surface area contributed by atoms with E-state index < -0.39 is 5.54 Å². The molecule has 0 fully saturated rings. The maximum absolute atomic E-state index is 12.0. The fourth-order valence-corrected chi connectivity index (χ4v) is 1.72. The van der Waals surface area contributed by atoms with Crippen LogP contribution in [0, 0.1) is 5.41 Å². The average Bonchev–Trinajstić information content (AvgIpc) is 2.14. The molecule has 0 amide bonds. The summed E-state index contributed by atoms with van der Waals surface area (Å²) in [6.45, 7) is 9.06. The van der Waals surface area contributed by atoms with Gasteiger partial charge in [-0.2, -0.15) is 0 Å². The van der Waals surface area contributed by atoms with Crippen molar-refractivity contribution in [2.24, 2.45) is 5.41 Å². The van der Waals surface area contributed by atoms with E-state index in [0.717, 1.165) is 0 Å². The van der Waals surface area contributed by atoms with Crippen LogP contribution in [0.15, 0.2) is 0 Å². The van der Waals surface area contributed by atoms with E-state index in [1.54, 1.807) is 6.92 Å². The number of likely N-dealkylation sites (N-methyl/N-ethyl adjacent to an activating group) is 1. The molecule has 0 aromatic heterocycles. The Bertz CT molecular complexity index is 251. The number of carbonyl (C=O) groups is 1. The molecule has 98 valence electrons. The quantitative estimate of drug-likeness (QED) is 0.554. The van der Waals surface area contributed by atoms with Crippen LogP contribution in [0.25, 0.3) is 0 Å². The first-order valence-electron chi connectivity index (χ1n) is 5.90. The molecular weight excluding hydrogens is 215 g/mol. The van der Waals surface area contributed by atoms with Crippen molar-refractivity contribution in [1.82, 2.24) is 10.1 Å². The van der Waals surface area contributed by atoms with Gasteiger partial charge in [0.2, 0.25) is 0 Å². The van der Waals surface area contributed by atoms with Crippen LogP contribution in [0.5, 0.6) is 0 Å². The van der Waals surface area contributed by atoms with E-state index in [1.807, 2.05) is 19.0 Å². The number of esters is 1. The molecule has 0 saturated carbocycles. The molecule has 0 heterocycles. The lowest BCUT2D eigenvalue weighted by molar-refractivity contribution is -0.151. The van der Waals surface area contributed by atoms with Crippen molar-refractivity contribution in [2.75, 3.05) is 27.2 Å². The van der Waals surface area contributed by atoms with Gasteiger partial charge in [0.15, 0.2) is 7.98 Å². The molecule has 0 rings (SSSR count). The SMILES string of the molecule is [B]NC(C)(CC(C)(C)C)C(=O)OCCN(C)C. The zero-order valence-corrected chi connectivity index (χ0v) is 12.0. The van der Waals surface area contributed by atoms with E-state index >= 15 is 0 Å². The lowest BCUT2D eigenvalue weighted by Crippen LogP contribution is -2.51. The topological polar surface area (TPSA) is 41.6 Å². The second-order valence-corrected chi connectivity index (χ2v) is 6.15. The smallest absolute Gasteiger partial charge is 0.325 e. The highest BCUT2D eigenvalue weighted by atomic mass is 16.5. The van der Waals surface area contributed by atoms with E-state index in [-0.39, 0.29) is 11.4 Å². The molecule has 0 aliphatic heterocycles. The zero-order chi connectivity index (χ0) is 13.7. The molecule has 1 unspecified atom stereocenters. The van der Waals surface area contributed by atoms with Crippen molar-refractivity contribution in [2.45, 2.75) is 39.7 Å². The Labute approximate surface area is 107 Å². The number of nitrogens with one attached hydrogen (secondary N) is 1. The summed E-state index contributed by atoms with van der Waals surface area (Å²) in [5.74, 6) is -0.295. The van der Waals surface area contributed by atoms with Crippen LogP contribution in [0.3, 0.4) is 0 Å². The molecular formula is C12H25BN2O2. The summed E-state index contributed by atoms with van der Waals surface area (Å²) < 4.78 is 5.23. The van der Waals surface area contributed by atoms with Gasteiger partial charge in [0.25, 0.3) is 0 Å². The number of hydrogen-bond acceptors (Lipinski definition) is 4. The molecule has 0 spiro atoms. The van der Waals surface area contributed by atoms with Crippen molar-refractivity contribution in [1.29, 1.82) is 0 Å². The molecule has 0 aliphatic carbocycles. The summed E-state index contributed by atoms with van der Waals surface area (Å²) in [7, 11) is 9.35. The lowest BCUT2D eigenvalue weighted by atomic mass is 9.80. The molecule has 0 saturated heterocycles. The van der Waals surface area contributed by atoms with Gasteiger partial charge in [-0.3, -0.25) is 4.79 Å². The molecule has 0 bridgehead atoms. The molecule has 1 atom stereocenters. The molecule has 0 aromatic carbocycles. The average molecular weight is 240 g/mol. The van der Waals surface area contributed by atoms with Crippen LogP contribution < -0.4 is 5.23 Å². The van der Waals surface area contributed by atoms with Crippen LogP contribution in [0.4, 0.5) is 0 Å². The number of nitrogens with zero attached hydrogens (tertiary/aromatic N) is 1. The van der Waals surface area contributed by atoms with Crippen molar-refractivity contribution in [3.8, 4) is 0 Å². The fourth-order valence-electron chi connectivity index (χ4n) is 1.72. The van der Waals surface area contributed by atoms with Gasteiger partial charge in [0.1, 0.15) is 12.1 Å². The maximum atomic E-state index is 12.0. The number of rotatable bonds is 6. The molecule has 0 aromatic rings. The van der Waals surface area contributed by atoms with Crippen LogP contribution in [0.2, 0.25) is 0 Å². The Hall–Kier alpha value is -0.545. The Morgan fingerprint density at radius 1 is 1.29 bits per heavy atom. The second-order valence-electron chi connectivity index (χ2n) is 6.15. The largest absolute Gasteiger partial charge is 0.463 e. The Morgan fingerprint density at radius 3 is 2.18 bits per heavy atom. The third-order valence-corrected chi connectivity index (χ3v) is 2.42. The van der Waals surface area contributed by atoms with Gasteiger partial charge in [-0.05, 0) is 32.9 Å². The number of carbonyl (C=O) groups excluding carboxylic acids is 1. The predicted octanol–water partition coefficient (Wildman–Crippen LogP) is 0.959. The van der Waals surface area contributed by atoms with Crippen molar-refractivity contribution >= 4 is 14.0 Å². The third kappa shape index (κ3) is 6.69. The first kappa shape index (κ1) is 16.5. The van der Waals surface area contributed by atoms with E-state index in [4.69, 9.17) is 12.7 Å². The van der Waals surface area contributed by atoms with E-state index in [2.05, 4.69) is 26.0 Å². The molecule has 4 nitrogen and oxygen atoms in total.